The van der Waals surface area contributed by atoms with E-state index in [1.54, 1.807) is 0 Å². The van der Waals surface area contributed by atoms with Crippen LogP contribution >= 0.6 is 0 Å². The van der Waals surface area contributed by atoms with E-state index in [0.29, 0.717) is 6.42 Å². The summed E-state index contributed by atoms with van der Waals surface area (Å²) in [6.07, 6.45) is 6.65. The third-order valence-corrected chi connectivity index (χ3v) is 4.31. The van der Waals surface area contributed by atoms with Crippen molar-refractivity contribution in [3.63, 3.8) is 0 Å². The molecule has 1 fully saturated rings. The highest BCUT2D eigenvalue weighted by molar-refractivity contribution is 5.79. The number of carbonyl (C=O) groups is 2. The van der Waals surface area contributed by atoms with Crippen LogP contribution in [0.1, 0.15) is 72.6 Å². The molecule has 116 valence electrons. The van der Waals surface area contributed by atoms with Gasteiger partial charge in [0.1, 0.15) is 5.60 Å². The Morgan fingerprint density at radius 1 is 1.15 bits per heavy atom. The summed E-state index contributed by atoms with van der Waals surface area (Å²) in [6.45, 7) is 7.38. The van der Waals surface area contributed by atoms with Gasteiger partial charge < -0.3 is 9.47 Å². The van der Waals surface area contributed by atoms with Crippen molar-refractivity contribution in [3.05, 3.63) is 0 Å². The molecule has 0 heterocycles. The molecule has 0 atom stereocenters. The predicted octanol–water partition coefficient (Wildman–Crippen LogP) is 3.62. The Morgan fingerprint density at radius 3 is 2.25 bits per heavy atom. The molecule has 20 heavy (non-hydrogen) atoms. The van der Waals surface area contributed by atoms with Crippen LogP contribution in [0.25, 0.3) is 0 Å². The minimum atomic E-state index is -0.547. The molecule has 0 radical (unpaired) electrons. The quantitative estimate of drug-likeness (QED) is 0.670. The molecule has 0 aromatic carbocycles. The zero-order chi connectivity index (χ0) is 15.2. The van der Waals surface area contributed by atoms with E-state index in [9.17, 15) is 9.59 Å². The molecule has 1 aliphatic rings. The molecule has 0 spiro atoms. The first-order valence-electron chi connectivity index (χ1n) is 7.74. The molecule has 0 N–H and O–H groups in total. The van der Waals surface area contributed by atoms with E-state index in [-0.39, 0.29) is 18.2 Å². The summed E-state index contributed by atoms with van der Waals surface area (Å²) in [5, 5.41) is 0. The van der Waals surface area contributed by atoms with Gasteiger partial charge in [-0.15, -0.1) is 0 Å². The number of hydrogen-bond acceptors (Lipinski definition) is 4. The van der Waals surface area contributed by atoms with Crippen LogP contribution in [0.3, 0.4) is 0 Å². The van der Waals surface area contributed by atoms with Crippen LogP contribution in [-0.2, 0) is 19.1 Å². The summed E-state index contributed by atoms with van der Waals surface area (Å²) in [5.74, 6) is -0.756. The van der Waals surface area contributed by atoms with Crippen molar-refractivity contribution in [1.82, 2.24) is 0 Å². The van der Waals surface area contributed by atoms with Crippen LogP contribution in [0, 0.1) is 5.41 Å². The summed E-state index contributed by atoms with van der Waals surface area (Å²) in [5.41, 5.74) is -0.854. The van der Waals surface area contributed by atoms with Gasteiger partial charge in [0.25, 0.3) is 0 Å². The maximum atomic E-state index is 11.9. The molecule has 0 aromatic rings. The van der Waals surface area contributed by atoms with Gasteiger partial charge >= 0.3 is 11.9 Å². The van der Waals surface area contributed by atoms with Crippen LogP contribution in [0.5, 0.6) is 0 Å². The second-order valence-electron chi connectivity index (χ2n) is 6.43. The van der Waals surface area contributed by atoms with Crippen LogP contribution in [0.4, 0.5) is 0 Å². The normalized spacial score (nSPS) is 17.8. The lowest BCUT2D eigenvalue weighted by atomic mass is 9.91. The average molecular weight is 284 g/mol. The largest absolute Gasteiger partial charge is 0.457 e. The first kappa shape index (κ1) is 17.0. The zero-order valence-electron chi connectivity index (χ0n) is 13.3. The second kappa shape index (κ2) is 7.09. The van der Waals surface area contributed by atoms with Crippen molar-refractivity contribution < 1.29 is 19.1 Å². The molecule has 1 saturated carbocycles. The second-order valence-corrected chi connectivity index (χ2v) is 6.43. The van der Waals surface area contributed by atoms with Gasteiger partial charge in [0.2, 0.25) is 0 Å². The topological polar surface area (TPSA) is 52.6 Å². The van der Waals surface area contributed by atoms with E-state index >= 15 is 0 Å². The van der Waals surface area contributed by atoms with Gasteiger partial charge in [0.15, 0.2) is 6.61 Å². The lowest BCUT2D eigenvalue weighted by Crippen LogP contribution is -2.35. The highest BCUT2D eigenvalue weighted by Gasteiger charge is 2.37. The Balaban J connectivity index is 2.45. The lowest BCUT2D eigenvalue weighted by Gasteiger charge is -2.29. The lowest BCUT2D eigenvalue weighted by molar-refractivity contribution is -0.174. The monoisotopic (exact) mass is 284 g/mol. The summed E-state index contributed by atoms with van der Waals surface area (Å²) in [7, 11) is 0. The van der Waals surface area contributed by atoms with Crippen LogP contribution in [0.15, 0.2) is 0 Å². The molecule has 0 aliphatic heterocycles. The Kier molecular flexibility index (Phi) is 6.03. The van der Waals surface area contributed by atoms with Gasteiger partial charge in [0.05, 0.1) is 5.41 Å². The molecular formula is C16H28O4. The van der Waals surface area contributed by atoms with Gasteiger partial charge in [-0.3, -0.25) is 4.79 Å². The zero-order valence-corrected chi connectivity index (χ0v) is 13.3. The standard InChI is InChI=1S/C16H28O4/c1-5-9-16(10-7-8-11-16)20-13(17)12-19-14(18)15(3,4)6-2/h5-12H2,1-4H3. The Morgan fingerprint density at radius 2 is 1.75 bits per heavy atom. The van der Waals surface area contributed by atoms with E-state index < -0.39 is 11.4 Å². The van der Waals surface area contributed by atoms with Crippen LogP contribution in [0.2, 0.25) is 0 Å². The van der Waals surface area contributed by atoms with Crippen molar-refractivity contribution in [2.24, 2.45) is 5.41 Å². The van der Waals surface area contributed by atoms with E-state index in [0.717, 1.165) is 38.5 Å². The summed E-state index contributed by atoms with van der Waals surface area (Å²) in [6, 6.07) is 0. The first-order valence-corrected chi connectivity index (χ1v) is 7.74. The Hall–Kier alpha value is -1.06. The molecule has 0 saturated heterocycles. The maximum Gasteiger partial charge on any atom is 0.344 e. The Bertz CT molecular complexity index is 340. The van der Waals surface area contributed by atoms with Crippen molar-refractivity contribution in [1.29, 1.82) is 0 Å². The average Bonchev–Trinajstić information content (AvgIpc) is 2.84. The van der Waals surface area contributed by atoms with E-state index in [1.165, 1.54) is 0 Å². The summed E-state index contributed by atoms with van der Waals surface area (Å²) >= 11 is 0. The molecule has 4 nitrogen and oxygen atoms in total. The molecule has 4 heteroatoms. The van der Waals surface area contributed by atoms with Gasteiger partial charge in [-0.05, 0) is 52.4 Å². The molecular weight excluding hydrogens is 256 g/mol. The molecule has 1 aliphatic carbocycles. The van der Waals surface area contributed by atoms with E-state index in [4.69, 9.17) is 9.47 Å². The number of carbonyl (C=O) groups excluding carboxylic acids is 2. The van der Waals surface area contributed by atoms with Crippen molar-refractivity contribution in [2.45, 2.75) is 78.2 Å². The van der Waals surface area contributed by atoms with E-state index in [1.807, 2.05) is 20.8 Å². The summed E-state index contributed by atoms with van der Waals surface area (Å²) in [4.78, 5) is 23.7. The fourth-order valence-corrected chi connectivity index (χ4v) is 2.61. The van der Waals surface area contributed by atoms with Gasteiger partial charge in [0, 0.05) is 0 Å². The molecule has 0 amide bonds. The van der Waals surface area contributed by atoms with Crippen molar-refractivity contribution in [3.8, 4) is 0 Å². The minimum absolute atomic E-state index is 0.270. The predicted molar refractivity (Wildman–Crippen MR) is 77.2 cm³/mol. The molecule has 0 unspecified atom stereocenters. The molecule has 0 aromatic heterocycles. The SMILES string of the molecule is CCCC1(OC(=O)COC(=O)C(C)(C)CC)CCCC1. The van der Waals surface area contributed by atoms with E-state index in [2.05, 4.69) is 6.92 Å². The number of hydrogen-bond donors (Lipinski definition) is 0. The highest BCUT2D eigenvalue weighted by Crippen LogP contribution is 2.37. The number of esters is 2. The fraction of sp³-hybridized carbons (Fsp3) is 0.875. The minimum Gasteiger partial charge on any atom is -0.457 e. The third kappa shape index (κ3) is 4.50. The fourth-order valence-electron chi connectivity index (χ4n) is 2.61. The Labute approximate surface area is 122 Å². The third-order valence-electron chi connectivity index (χ3n) is 4.31. The maximum absolute atomic E-state index is 11.9. The van der Waals surface area contributed by atoms with Gasteiger partial charge in [-0.25, -0.2) is 4.79 Å². The highest BCUT2D eigenvalue weighted by atomic mass is 16.6. The van der Waals surface area contributed by atoms with Gasteiger partial charge in [-0.2, -0.15) is 0 Å². The van der Waals surface area contributed by atoms with Crippen LogP contribution in [-0.4, -0.2) is 24.1 Å². The van der Waals surface area contributed by atoms with Crippen LogP contribution < -0.4 is 0 Å². The smallest absolute Gasteiger partial charge is 0.344 e. The number of rotatable bonds is 7. The summed E-state index contributed by atoms with van der Waals surface area (Å²) < 4.78 is 10.7. The first-order chi connectivity index (χ1) is 9.35. The molecule has 0 bridgehead atoms. The van der Waals surface area contributed by atoms with Crippen molar-refractivity contribution >= 4 is 11.9 Å². The van der Waals surface area contributed by atoms with Crippen molar-refractivity contribution in [2.75, 3.05) is 6.61 Å². The van der Waals surface area contributed by atoms with Gasteiger partial charge in [-0.1, -0.05) is 20.3 Å². The molecule has 1 rings (SSSR count). The number of ether oxygens (including phenoxy) is 2.